The highest BCUT2D eigenvalue weighted by Crippen LogP contribution is 2.42. The number of thiophene rings is 1. The summed E-state index contributed by atoms with van der Waals surface area (Å²) in [6, 6.07) is 8.31. The van der Waals surface area contributed by atoms with E-state index in [9.17, 15) is 9.90 Å². The van der Waals surface area contributed by atoms with Gasteiger partial charge < -0.3 is 5.11 Å². The van der Waals surface area contributed by atoms with E-state index in [2.05, 4.69) is 26.5 Å². The first kappa shape index (κ1) is 21.1. The summed E-state index contributed by atoms with van der Waals surface area (Å²) in [5, 5.41) is 19.9. The maximum Gasteiger partial charge on any atom is 0.284 e. The molecule has 0 spiro atoms. The van der Waals surface area contributed by atoms with Gasteiger partial charge in [-0.2, -0.15) is 5.10 Å². The number of nitrogens with zero attached hydrogens (tertiary/aromatic N) is 3. The van der Waals surface area contributed by atoms with Crippen molar-refractivity contribution < 1.29 is 9.90 Å². The predicted molar refractivity (Wildman–Crippen MR) is 121 cm³/mol. The largest absolute Gasteiger partial charge is 0.384 e. The lowest BCUT2D eigenvalue weighted by Gasteiger charge is -2.27. The minimum Gasteiger partial charge on any atom is -0.384 e. The maximum atomic E-state index is 12.9. The van der Waals surface area contributed by atoms with E-state index in [1.54, 1.807) is 23.2 Å². The lowest BCUT2D eigenvalue weighted by atomic mass is 10.0. The molecule has 1 fully saturated rings. The number of piperidine rings is 1. The SMILES string of the molecule is O=C(NN1CCCCC1)C1=NN(c2ccc(Cl)cc2Cl)C(c2ccc(Br)s2)C1O. The summed E-state index contributed by atoms with van der Waals surface area (Å²) >= 11 is 17.4. The molecule has 0 radical (unpaired) electrons. The number of hydrogen-bond acceptors (Lipinski definition) is 6. The van der Waals surface area contributed by atoms with Gasteiger partial charge in [-0.05, 0) is 59.1 Å². The van der Waals surface area contributed by atoms with Crippen LogP contribution in [-0.4, -0.2) is 40.9 Å². The van der Waals surface area contributed by atoms with Crippen LogP contribution in [0.4, 0.5) is 5.69 Å². The van der Waals surface area contributed by atoms with Crippen molar-refractivity contribution in [3.63, 3.8) is 0 Å². The number of hydrazone groups is 1. The summed E-state index contributed by atoms with van der Waals surface area (Å²) in [5.74, 6) is -0.396. The van der Waals surface area contributed by atoms with Crippen LogP contribution in [0.15, 0.2) is 39.2 Å². The summed E-state index contributed by atoms with van der Waals surface area (Å²) in [6.45, 7) is 1.59. The number of carbonyl (C=O) groups is 1. The summed E-state index contributed by atoms with van der Waals surface area (Å²) in [5.41, 5.74) is 3.52. The molecule has 2 aliphatic rings. The van der Waals surface area contributed by atoms with Crippen molar-refractivity contribution >= 4 is 67.8 Å². The molecule has 1 aromatic heterocycles. The van der Waals surface area contributed by atoms with Crippen molar-refractivity contribution in [2.75, 3.05) is 18.1 Å². The first-order valence-corrected chi connectivity index (χ1v) is 11.6. The first-order valence-electron chi connectivity index (χ1n) is 9.26. The molecule has 2 aromatic rings. The van der Waals surface area contributed by atoms with Crippen LogP contribution in [0, 0.1) is 0 Å². The molecule has 0 bridgehead atoms. The maximum absolute atomic E-state index is 12.9. The fourth-order valence-electron chi connectivity index (χ4n) is 3.54. The molecular weight excluding hydrogens is 499 g/mol. The molecule has 0 saturated carbocycles. The van der Waals surface area contributed by atoms with Crippen molar-refractivity contribution in [2.45, 2.75) is 31.4 Å². The summed E-state index contributed by atoms with van der Waals surface area (Å²) < 4.78 is 0.924. The zero-order valence-corrected chi connectivity index (χ0v) is 19.2. The lowest BCUT2D eigenvalue weighted by Crippen LogP contribution is -2.49. The van der Waals surface area contributed by atoms with E-state index in [0.717, 1.165) is 41.0 Å². The highest BCUT2D eigenvalue weighted by atomic mass is 79.9. The third-order valence-electron chi connectivity index (χ3n) is 4.95. The molecule has 10 heteroatoms. The Morgan fingerprint density at radius 1 is 1.21 bits per heavy atom. The van der Waals surface area contributed by atoms with Gasteiger partial charge in [0.2, 0.25) is 0 Å². The Kier molecular flexibility index (Phi) is 6.48. The van der Waals surface area contributed by atoms with Crippen molar-refractivity contribution in [1.82, 2.24) is 10.4 Å². The minimum atomic E-state index is -1.10. The predicted octanol–water partition coefficient (Wildman–Crippen LogP) is 4.61. The molecule has 2 aliphatic heterocycles. The number of nitrogens with one attached hydrogen (secondary N) is 1. The zero-order chi connectivity index (χ0) is 20.5. The van der Waals surface area contributed by atoms with Crippen molar-refractivity contribution in [1.29, 1.82) is 0 Å². The Hall–Kier alpha value is -1.16. The number of aliphatic hydroxyl groups is 1. The third-order valence-corrected chi connectivity index (χ3v) is 7.18. The van der Waals surface area contributed by atoms with Gasteiger partial charge in [0.25, 0.3) is 5.91 Å². The van der Waals surface area contributed by atoms with Gasteiger partial charge in [-0.15, -0.1) is 11.3 Å². The topological polar surface area (TPSA) is 68.2 Å². The molecule has 1 saturated heterocycles. The van der Waals surface area contributed by atoms with E-state index in [0.29, 0.717) is 15.7 Å². The molecule has 1 aromatic carbocycles. The van der Waals surface area contributed by atoms with Crippen LogP contribution < -0.4 is 10.4 Å². The van der Waals surface area contributed by atoms with Crippen LogP contribution >= 0.6 is 50.5 Å². The second kappa shape index (κ2) is 8.91. The molecule has 0 aliphatic carbocycles. The van der Waals surface area contributed by atoms with E-state index in [1.807, 2.05) is 17.1 Å². The molecule has 3 heterocycles. The number of amides is 1. The van der Waals surface area contributed by atoms with E-state index in [1.165, 1.54) is 11.3 Å². The monoisotopic (exact) mass is 516 g/mol. The third kappa shape index (κ3) is 4.47. The summed E-state index contributed by atoms with van der Waals surface area (Å²) in [4.78, 5) is 13.8. The minimum absolute atomic E-state index is 0.0658. The van der Waals surface area contributed by atoms with Gasteiger partial charge in [0.05, 0.1) is 14.5 Å². The molecule has 4 rings (SSSR count). The number of hydrazine groups is 1. The van der Waals surface area contributed by atoms with Gasteiger partial charge in [-0.25, -0.2) is 5.01 Å². The van der Waals surface area contributed by atoms with Crippen LogP contribution in [0.5, 0.6) is 0 Å². The van der Waals surface area contributed by atoms with Crippen LogP contribution in [0.1, 0.15) is 30.2 Å². The molecular formula is C19H19BrCl2N4O2S. The van der Waals surface area contributed by atoms with E-state index in [4.69, 9.17) is 23.2 Å². The van der Waals surface area contributed by atoms with E-state index >= 15 is 0 Å². The van der Waals surface area contributed by atoms with Crippen LogP contribution in [-0.2, 0) is 4.79 Å². The number of aliphatic hydroxyl groups excluding tert-OH is 1. The lowest BCUT2D eigenvalue weighted by molar-refractivity contribution is -0.120. The highest BCUT2D eigenvalue weighted by Gasteiger charge is 2.42. The number of hydrogen-bond donors (Lipinski definition) is 2. The average molecular weight is 518 g/mol. The van der Waals surface area contributed by atoms with Gasteiger partial charge in [-0.3, -0.25) is 15.2 Å². The standard InChI is InChI=1S/C19H19BrCl2N4O2S/c20-15-7-6-14(29-15)17-18(27)16(19(28)24-25-8-2-1-3-9-25)23-26(17)13-5-4-11(21)10-12(13)22/h4-7,10,17-18,27H,1-3,8-9H2,(H,24,28). The molecule has 2 N–H and O–H groups in total. The fourth-order valence-corrected chi connectivity index (χ4v) is 5.58. The molecule has 154 valence electrons. The number of halogens is 3. The van der Waals surface area contributed by atoms with Crippen LogP contribution in [0.3, 0.4) is 0 Å². The van der Waals surface area contributed by atoms with Crippen molar-refractivity contribution in [3.8, 4) is 0 Å². The average Bonchev–Trinajstić information content (AvgIpc) is 3.25. The van der Waals surface area contributed by atoms with Crippen molar-refractivity contribution in [3.05, 3.63) is 49.0 Å². The molecule has 29 heavy (non-hydrogen) atoms. The molecule has 2 atom stereocenters. The second-order valence-electron chi connectivity index (χ2n) is 6.95. The van der Waals surface area contributed by atoms with E-state index < -0.39 is 18.1 Å². The smallest absolute Gasteiger partial charge is 0.284 e. The van der Waals surface area contributed by atoms with Crippen LogP contribution in [0.2, 0.25) is 10.0 Å². The zero-order valence-electron chi connectivity index (χ0n) is 15.3. The highest BCUT2D eigenvalue weighted by molar-refractivity contribution is 9.11. The van der Waals surface area contributed by atoms with Gasteiger partial charge >= 0.3 is 0 Å². The summed E-state index contributed by atoms with van der Waals surface area (Å²) in [6.07, 6.45) is 2.13. The Labute approximate surface area is 191 Å². The normalized spacial score (nSPS) is 22.6. The Balaban J connectivity index is 1.67. The molecule has 6 nitrogen and oxygen atoms in total. The van der Waals surface area contributed by atoms with Gasteiger partial charge in [0, 0.05) is 23.0 Å². The molecule has 2 unspecified atom stereocenters. The Bertz CT molecular complexity index is 948. The Morgan fingerprint density at radius 3 is 2.62 bits per heavy atom. The Morgan fingerprint density at radius 2 is 1.97 bits per heavy atom. The number of anilines is 1. The quantitative estimate of drug-likeness (QED) is 0.621. The van der Waals surface area contributed by atoms with Crippen molar-refractivity contribution in [2.24, 2.45) is 5.10 Å². The first-order chi connectivity index (χ1) is 13.9. The van der Waals surface area contributed by atoms with Gasteiger partial charge in [-0.1, -0.05) is 29.6 Å². The molecule has 1 amide bonds. The summed E-state index contributed by atoms with van der Waals surface area (Å²) in [7, 11) is 0. The number of rotatable bonds is 4. The van der Waals surface area contributed by atoms with Gasteiger partial charge in [0.15, 0.2) is 5.71 Å². The second-order valence-corrected chi connectivity index (χ2v) is 10.3. The fraction of sp³-hybridized carbons (Fsp3) is 0.368. The number of carbonyl (C=O) groups excluding carboxylic acids is 1. The number of benzene rings is 1. The van der Waals surface area contributed by atoms with E-state index in [-0.39, 0.29) is 5.71 Å². The van der Waals surface area contributed by atoms with Crippen LogP contribution in [0.25, 0.3) is 0 Å². The van der Waals surface area contributed by atoms with Gasteiger partial charge in [0.1, 0.15) is 12.1 Å².